The second-order valence-electron chi connectivity index (χ2n) is 31.1. The Kier molecular flexibility index (Phi) is 43.5. The van der Waals surface area contributed by atoms with E-state index in [1.165, 1.54) is 55.6 Å². The van der Waals surface area contributed by atoms with Gasteiger partial charge in [0.1, 0.15) is 17.1 Å². The Hall–Kier alpha value is -13.2. The number of alkyl halides is 9. The number of benzene rings is 6. The van der Waals surface area contributed by atoms with Crippen LogP contribution in [0.25, 0.3) is 135 Å². The van der Waals surface area contributed by atoms with Crippen LogP contribution in [0.2, 0.25) is 0 Å². The van der Waals surface area contributed by atoms with Crippen molar-refractivity contribution in [3.63, 3.8) is 0 Å². The van der Waals surface area contributed by atoms with Gasteiger partial charge in [-0.1, -0.05) is 198 Å². The predicted molar refractivity (Wildman–Crippen MR) is 522 cm³/mol. The molecule has 0 radical (unpaired) electrons. The van der Waals surface area contributed by atoms with E-state index >= 15 is 0 Å². The minimum Gasteiger partial charge on any atom is -0.574 e. The molecule has 0 fully saturated rings. The van der Waals surface area contributed by atoms with Crippen LogP contribution in [-0.4, -0.2) is 60.5 Å². The molecule has 0 saturated heterocycles. The van der Waals surface area contributed by atoms with Crippen LogP contribution in [0.15, 0.2) is 256 Å². The fraction of sp³-hybridized carbons (Fsp3) is 0.167. The Morgan fingerprint density at radius 3 is 0.594 bits per heavy atom. The van der Waals surface area contributed by atoms with Crippen LogP contribution in [0.3, 0.4) is 0 Å². The summed E-state index contributed by atoms with van der Waals surface area (Å²) in [7, 11) is 0. The maximum Gasteiger partial charge on any atom is 4.00 e. The third-order valence-corrected chi connectivity index (χ3v) is 21.3. The third-order valence-electron chi connectivity index (χ3n) is 21.3. The van der Waals surface area contributed by atoms with Gasteiger partial charge in [-0.3, -0.25) is 29.9 Å². The fourth-order valence-corrected chi connectivity index (χ4v) is 14.8. The summed E-state index contributed by atoms with van der Waals surface area (Å²) < 4.78 is 113. The number of hydrogen-bond donors (Lipinski definition) is 0. The molecule has 12 heterocycles. The van der Waals surface area contributed by atoms with E-state index < -0.39 is 35.6 Å². The van der Waals surface area contributed by atoms with Crippen molar-refractivity contribution in [3.8, 4) is 135 Å². The van der Waals surface area contributed by atoms with Crippen molar-refractivity contribution in [3.05, 3.63) is 401 Å². The van der Waals surface area contributed by atoms with Gasteiger partial charge in [0.25, 0.3) is 0 Å². The van der Waals surface area contributed by atoms with Gasteiger partial charge < -0.3 is 106 Å². The number of aryl methyl sites for hydroxylation is 15. The standard InChI is InChI=1S/3C17H13F3N3.3C17H16N3.6CH3.3Os/c2*1-10-4-3-5-11(2)16(10)12-6-7-13(21-9-12)14-8-15(23-22-14)17(18,19)20;1-10-5-3-4-6-12(10)13-9-21-14(7-11(13)2)15-8-16(23-22-15)17(18,19)20;2*1-11-5-4-6-12(2)17(11)14-7-8-15(18-10-14)16-9-13(3)19-20-16;1-11-6-4-5-7-14(11)15-10-18-16(8-12(15)2)17-9-13(3)19-20-17;;;;;;;;;/h3*3-9H,1-2H3;3*4-10H,1-3H3;6*1H3;;;/q12*-1;3*+4. The van der Waals surface area contributed by atoms with Crippen LogP contribution in [-0.2, 0) is 77.9 Å². The van der Waals surface area contributed by atoms with E-state index in [2.05, 4.69) is 211 Å². The first-order chi connectivity index (χ1) is 61.5. The summed E-state index contributed by atoms with van der Waals surface area (Å²) in [6, 6.07) is 68.5. The minimum absolute atomic E-state index is 0. The Bertz CT molecular complexity index is 6550. The van der Waals surface area contributed by atoms with Crippen LogP contribution >= 0.6 is 0 Å². The molecule has 6 aromatic carbocycles. The van der Waals surface area contributed by atoms with Crippen molar-refractivity contribution >= 4 is 0 Å². The summed E-state index contributed by atoms with van der Waals surface area (Å²) in [5.74, 6) is 0. The largest absolute Gasteiger partial charge is 4.00 e. The average molecular weight is 2400 g/mol. The van der Waals surface area contributed by atoms with E-state index in [0.29, 0.717) is 17.1 Å². The van der Waals surface area contributed by atoms with Crippen molar-refractivity contribution in [2.24, 2.45) is 0 Å². The molecule has 0 atom stereocenters. The molecule has 30 heteroatoms. The first-order valence-corrected chi connectivity index (χ1v) is 40.8. The van der Waals surface area contributed by atoms with Crippen LogP contribution < -0.4 is 30.6 Å². The van der Waals surface area contributed by atoms with Crippen molar-refractivity contribution in [2.75, 3.05) is 0 Å². The van der Waals surface area contributed by atoms with Crippen molar-refractivity contribution < 1.29 is 98.9 Å². The first-order valence-electron chi connectivity index (χ1n) is 40.8. The summed E-state index contributed by atoms with van der Waals surface area (Å²) in [4.78, 5) is 26.3. The molecule has 12 aromatic heterocycles. The van der Waals surface area contributed by atoms with Crippen LogP contribution in [0.1, 0.15) is 101 Å². The topological polar surface area (TPSA) is 239 Å². The molecule has 0 bridgehead atoms. The molecule has 18 aromatic rings. The van der Waals surface area contributed by atoms with Gasteiger partial charge in [0, 0.05) is 122 Å². The van der Waals surface area contributed by atoms with Crippen LogP contribution in [0.4, 0.5) is 39.5 Å². The zero-order valence-corrected chi connectivity index (χ0v) is 87.9. The van der Waals surface area contributed by atoms with E-state index in [0.717, 1.165) is 147 Å². The normalized spacial score (nSPS) is 10.5. The number of hydrogen-bond acceptors (Lipinski definition) is 12. The van der Waals surface area contributed by atoms with Crippen molar-refractivity contribution in [2.45, 2.75) is 122 Å². The minimum atomic E-state index is -4.50. The molecule has 18 nitrogen and oxygen atoms in total. The molecule has 0 spiro atoms. The second-order valence-corrected chi connectivity index (χ2v) is 31.1. The maximum atomic E-state index is 12.6. The zero-order valence-electron chi connectivity index (χ0n) is 80.3. The van der Waals surface area contributed by atoms with E-state index in [1.54, 1.807) is 36.8 Å². The molecule has 0 aliphatic carbocycles. The fourth-order valence-electron chi connectivity index (χ4n) is 14.8. The van der Waals surface area contributed by atoms with E-state index in [1.807, 2.05) is 184 Å². The third kappa shape index (κ3) is 28.9. The Morgan fingerprint density at radius 1 is 0.196 bits per heavy atom. The molecule has 714 valence electrons. The molecular weight excluding hydrogens is 2290 g/mol. The summed E-state index contributed by atoms with van der Waals surface area (Å²) in [5, 5.41) is 44.6. The molecule has 0 unspecified atom stereocenters. The van der Waals surface area contributed by atoms with E-state index in [4.69, 9.17) is 0 Å². The molecular formula is C108H105F9N18Os3. The zero-order chi connectivity index (χ0) is 92.2. The maximum absolute atomic E-state index is 12.6. The Morgan fingerprint density at radius 2 is 0.399 bits per heavy atom. The summed E-state index contributed by atoms with van der Waals surface area (Å²) in [6.45, 7) is 30.5. The Labute approximate surface area is 842 Å². The van der Waals surface area contributed by atoms with Gasteiger partial charge >= 0.3 is 77.9 Å². The van der Waals surface area contributed by atoms with Crippen LogP contribution in [0, 0.1) is 148 Å². The second kappa shape index (κ2) is 51.3. The van der Waals surface area contributed by atoms with Gasteiger partial charge in [0.15, 0.2) is 0 Å². The number of aromatic nitrogens is 18. The van der Waals surface area contributed by atoms with Gasteiger partial charge in [-0.05, 0) is 259 Å². The number of nitrogens with zero attached hydrogens (tertiary/aromatic N) is 18. The average Bonchev–Trinajstić information content (AvgIpc) is 1.54. The van der Waals surface area contributed by atoms with E-state index in [-0.39, 0.29) is 121 Å². The molecule has 138 heavy (non-hydrogen) atoms. The molecule has 0 aliphatic rings. The molecule has 0 N–H and O–H groups in total. The SMILES string of the molecule is Cc1cc(-c2cc(C)c(-c3ccccc3C)cn2)[n-]n1.Cc1cc(-c2ccc(-c3c(C)cccc3C)cn2)[n-]n1.Cc1cc(-c2ccc(-c3c(C)cccc3C)cn2)[n-]n1.Cc1cccc(C)c1-c1ccc(-c2cc(C(F)(F)F)n[n-]2)nc1.Cc1cccc(C)c1-c1ccc(-c2cc(C(F)(F)F)n[n-]2)nc1.Cc1ccccc1-c1cnc(-c2cc(C(F)(F)F)n[n-]2)cc1C.[CH3-].[CH3-].[CH3-].[CH3-].[CH3-].[CH3-].[Os+4].[Os+4].[Os+4]. The summed E-state index contributed by atoms with van der Waals surface area (Å²) >= 11 is 0. The smallest absolute Gasteiger partial charge is 0.574 e. The molecule has 0 saturated carbocycles. The van der Waals surface area contributed by atoms with Crippen molar-refractivity contribution in [1.82, 2.24) is 91.1 Å². The summed E-state index contributed by atoms with van der Waals surface area (Å²) in [5.41, 5.74) is 33.5. The van der Waals surface area contributed by atoms with Gasteiger partial charge in [-0.25, -0.2) is 0 Å². The number of rotatable bonds is 12. The van der Waals surface area contributed by atoms with E-state index in [9.17, 15) is 39.5 Å². The molecule has 0 aliphatic heterocycles. The number of pyridine rings is 6. The van der Waals surface area contributed by atoms with Gasteiger partial charge in [-0.15, -0.1) is 0 Å². The van der Waals surface area contributed by atoms with Gasteiger partial charge in [0.05, 0.1) is 0 Å². The molecule has 0 amide bonds. The van der Waals surface area contributed by atoms with Crippen molar-refractivity contribution in [1.29, 1.82) is 0 Å². The predicted octanol–water partition coefficient (Wildman–Crippen LogP) is 27.0. The monoisotopic (exact) mass is 2400 g/mol. The summed E-state index contributed by atoms with van der Waals surface area (Å²) in [6.07, 6.45) is -2.79. The number of halogens is 9. The van der Waals surface area contributed by atoms with Gasteiger partial charge in [-0.2, -0.15) is 39.5 Å². The first kappa shape index (κ1) is 117. The van der Waals surface area contributed by atoms with Gasteiger partial charge in [0.2, 0.25) is 0 Å². The quantitative estimate of drug-likeness (QED) is 0.0816. The molecule has 18 rings (SSSR count). The Balaban J connectivity index is 0.000000342. The van der Waals surface area contributed by atoms with Crippen LogP contribution in [0.5, 0.6) is 0 Å².